The Labute approximate surface area is 165 Å². The molecule has 1 aromatic heterocycles. The lowest BCUT2D eigenvalue weighted by molar-refractivity contribution is -0.135. The average molecular weight is 407 g/mol. The lowest BCUT2D eigenvalue weighted by Gasteiger charge is -2.37. The van der Waals surface area contributed by atoms with Gasteiger partial charge in [0.1, 0.15) is 10.3 Å². The Morgan fingerprint density at radius 1 is 1.15 bits per heavy atom. The van der Waals surface area contributed by atoms with Gasteiger partial charge in [-0.25, -0.2) is 8.42 Å². The molecule has 1 N–H and O–H groups in total. The number of benzene rings is 1. The molecule has 0 unspecified atom stereocenters. The van der Waals surface area contributed by atoms with Crippen molar-refractivity contribution in [3.05, 3.63) is 53.4 Å². The molecule has 27 heavy (non-hydrogen) atoms. The van der Waals surface area contributed by atoms with Crippen LogP contribution in [0.2, 0.25) is 0 Å². The van der Waals surface area contributed by atoms with Crippen molar-refractivity contribution in [1.82, 2.24) is 9.62 Å². The topological polar surface area (TPSA) is 66.5 Å². The summed E-state index contributed by atoms with van der Waals surface area (Å²) >= 11 is 1.15. The molecule has 1 fully saturated rings. The van der Waals surface area contributed by atoms with Crippen molar-refractivity contribution < 1.29 is 13.2 Å². The number of nitrogens with zero attached hydrogens (tertiary/aromatic N) is 1. The maximum atomic E-state index is 13.2. The van der Waals surface area contributed by atoms with Crippen molar-refractivity contribution in [3.63, 3.8) is 0 Å². The largest absolute Gasteiger partial charge is 0.341 e. The summed E-state index contributed by atoms with van der Waals surface area (Å²) in [5, 5.41) is 1.72. The number of likely N-dealkylation sites (tertiary alicyclic amines) is 1. The fraction of sp³-hybridized carbons (Fsp3) is 0.450. The van der Waals surface area contributed by atoms with Gasteiger partial charge in [0, 0.05) is 13.1 Å². The van der Waals surface area contributed by atoms with Gasteiger partial charge in [0.15, 0.2) is 0 Å². The number of rotatable bonds is 6. The van der Waals surface area contributed by atoms with Crippen LogP contribution in [0.5, 0.6) is 0 Å². The molecule has 0 spiro atoms. The quantitative estimate of drug-likeness (QED) is 0.801. The Bertz CT molecular complexity index is 841. The second kappa shape index (κ2) is 8.54. The predicted molar refractivity (Wildman–Crippen MR) is 108 cm³/mol. The Balaban J connectivity index is 1.84. The zero-order chi connectivity index (χ0) is 19.4. The number of carbonyl (C=O) groups excluding carboxylic acids is 1. The van der Waals surface area contributed by atoms with Crippen molar-refractivity contribution in [2.75, 3.05) is 13.1 Å². The second-order valence-corrected chi connectivity index (χ2v) is 10.4. The van der Waals surface area contributed by atoms with Gasteiger partial charge in [-0.2, -0.15) is 4.72 Å². The van der Waals surface area contributed by atoms with Gasteiger partial charge in [-0.3, -0.25) is 4.79 Å². The molecule has 146 valence electrons. The van der Waals surface area contributed by atoms with Crippen molar-refractivity contribution in [1.29, 1.82) is 0 Å². The first-order valence-corrected chi connectivity index (χ1v) is 11.6. The first kappa shape index (κ1) is 20.0. The van der Waals surface area contributed by atoms with Crippen LogP contribution in [-0.2, 0) is 21.2 Å². The number of hydrogen-bond donors (Lipinski definition) is 1. The molecule has 1 amide bonds. The molecule has 2 aromatic rings. The van der Waals surface area contributed by atoms with E-state index in [0.29, 0.717) is 31.3 Å². The van der Waals surface area contributed by atoms with E-state index in [4.69, 9.17) is 0 Å². The second-order valence-electron chi connectivity index (χ2n) is 7.48. The monoisotopic (exact) mass is 406 g/mol. The van der Waals surface area contributed by atoms with Gasteiger partial charge in [0.25, 0.3) is 10.0 Å². The van der Waals surface area contributed by atoms with E-state index in [9.17, 15) is 13.2 Å². The maximum Gasteiger partial charge on any atom is 0.250 e. The zero-order valence-corrected chi connectivity index (χ0v) is 17.3. The van der Waals surface area contributed by atoms with E-state index < -0.39 is 16.1 Å². The number of thiophene rings is 1. The molecule has 5 nitrogen and oxygen atoms in total. The summed E-state index contributed by atoms with van der Waals surface area (Å²) in [5.41, 5.74) is 0.933. The highest BCUT2D eigenvalue weighted by Gasteiger charge is 2.33. The molecule has 0 bridgehead atoms. The highest BCUT2D eigenvalue weighted by atomic mass is 32.2. The van der Waals surface area contributed by atoms with E-state index in [1.807, 2.05) is 35.2 Å². The first-order chi connectivity index (χ1) is 12.8. The number of nitrogens with one attached hydrogen (secondary N) is 1. The van der Waals surface area contributed by atoms with Crippen LogP contribution in [0.25, 0.3) is 0 Å². The summed E-state index contributed by atoms with van der Waals surface area (Å²) in [4.78, 5) is 15.1. The molecule has 1 saturated heterocycles. The fourth-order valence-corrected chi connectivity index (χ4v) is 5.95. The fourth-order valence-electron chi connectivity index (χ4n) is 3.75. The van der Waals surface area contributed by atoms with Gasteiger partial charge in [-0.15, -0.1) is 11.3 Å². The predicted octanol–water partition coefficient (Wildman–Crippen LogP) is 3.14. The minimum atomic E-state index is -3.73. The highest BCUT2D eigenvalue weighted by Crippen LogP contribution is 2.23. The summed E-state index contributed by atoms with van der Waals surface area (Å²) < 4.78 is 28.4. The van der Waals surface area contributed by atoms with Gasteiger partial charge in [-0.05, 0) is 41.7 Å². The molecule has 2 heterocycles. The van der Waals surface area contributed by atoms with E-state index in [2.05, 4.69) is 18.6 Å². The Hall–Kier alpha value is -1.70. The van der Waals surface area contributed by atoms with E-state index in [0.717, 1.165) is 23.3 Å². The lowest BCUT2D eigenvalue weighted by Crippen LogP contribution is -2.53. The van der Waals surface area contributed by atoms with Gasteiger partial charge in [-0.1, -0.05) is 50.2 Å². The summed E-state index contributed by atoms with van der Waals surface area (Å²) in [5.74, 6) is 0.699. The van der Waals surface area contributed by atoms with Crippen LogP contribution < -0.4 is 4.72 Å². The number of piperidine rings is 1. The molecule has 1 aromatic carbocycles. The molecule has 0 aliphatic carbocycles. The minimum Gasteiger partial charge on any atom is -0.341 e. The molecule has 0 saturated carbocycles. The molecule has 1 aliphatic heterocycles. The summed E-state index contributed by atoms with van der Waals surface area (Å²) in [7, 11) is -3.73. The molecule has 3 rings (SSSR count). The van der Waals surface area contributed by atoms with E-state index in [1.165, 1.54) is 0 Å². The third-order valence-electron chi connectivity index (χ3n) is 4.82. The average Bonchev–Trinajstić information content (AvgIpc) is 3.16. The maximum absolute atomic E-state index is 13.2. The van der Waals surface area contributed by atoms with E-state index >= 15 is 0 Å². The summed E-state index contributed by atoms with van der Waals surface area (Å²) in [6.45, 7) is 5.63. The standard InChI is InChI=1S/C20H26N2O3S2/c1-15-11-16(2)14-22(13-15)20(23)18(12-17-7-4-3-5-8-17)21-27(24,25)19-9-6-10-26-19/h3-10,15-16,18,21H,11-14H2,1-2H3/t15-,16+,18-/m0/s1. The number of sulfonamides is 1. The van der Waals surface area contributed by atoms with Gasteiger partial charge < -0.3 is 4.90 Å². The SMILES string of the molecule is C[C@@H]1C[C@H](C)CN(C(=O)[C@H](Cc2ccccc2)NS(=O)(=O)c2cccs2)C1. The van der Waals surface area contributed by atoms with Crippen molar-refractivity contribution in [2.45, 2.75) is 36.9 Å². The smallest absolute Gasteiger partial charge is 0.250 e. The molecular formula is C20H26N2O3S2. The number of amides is 1. The summed E-state index contributed by atoms with van der Waals surface area (Å²) in [6.07, 6.45) is 1.43. The number of carbonyl (C=O) groups is 1. The first-order valence-electron chi connectivity index (χ1n) is 9.23. The van der Waals surface area contributed by atoms with Crippen LogP contribution in [0, 0.1) is 11.8 Å². The van der Waals surface area contributed by atoms with E-state index in [1.54, 1.807) is 17.5 Å². The van der Waals surface area contributed by atoms with Crippen molar-refractivity contribution in [3.8, 4) is 0 Å². The Kier molecular flexibility index (Phi) is 6.34. The van der Waals surface area contributed by atoms with E-state index in [-0.39, 0.29) is 10.1 Å². The van der Waals surface area contributed by atoms with Crippen LogP contribution in [0.1, 0.15) is 25.8 Å². The summed E-state index contributed by atoms with van der Waals surface area (Å²) in [6, 6.07) is 12.0. The van der Waals surface area contributed by atoms with Crippen LogP contribution in [0.4, 0.5) is 0 Å². The van der Waals surface area contributed by atoms with Crippen LogP contribution in [0.15, 0.2) is 52.1 Å². The van der Waals surface area contributed by atoms with Crippen molar-refractivity contribution in [2.24, 2.45) is 11.8 Å². The minimum absolute atomic E-state index is 0.141. The molecule has 7 heteroatoms. The zero-order valence-electron chi connectivity index (χ0n) is 15.7. The molecule has 3 atom stereocenters. The lowest BCUT2D eigenvalue weighted by atomic mass is 9.91. The normalized spacial score (nSPS) is 21.8. The molecular weight excluding hydrogens is 380 g/mol. The highest BCUT2D eigenvalue weighted by molar-refractivity contribution is 7.91. The van der Waals surface area contributed by atoms with Crippen LogP contribution in [-0.4, -0.2) is 38.4 Å². The molecule has 0 radical (unpaired) electrons. The third kappa shape index (κ3) is 5.18. The van der Waals surface area contributed by atoms with Gasteiger partial charge in [0.2, 0.25) is 5.91 Å². The van der Waals surface area contributed by atoms with Crippen molar-refractivity contribution >= 4 is 27.3 Å². The van der Waals surface area contributed by atoms with Gasteiger partial charge in [0.05, 0.1) is 0 Å². The van der Waals surface area contributed by atoms with Crippen LogP contribution in [0.3, 0.4) is 0 Å². The Morgan fingerprint density at radius 2 is 1.81 bits per heavy atom. The van der Waals surface area contributed by atoms with Gasteiger partial charge >= 0.3 is 0 Å². The van der Waals surface area contributed by atoms with Crippen LogP contribution >= 0.6 is 11.3 Å². The number of hydrogen-bond acceptors (Lipinski definition) is 4. The molecule has 1 aliphatic rings. The Morgan fingerprint density at radius 3 is 2.41 bits per heavy atom. The third-order valence-corrected chi connectivity index (χ3v) is 7.69.